The van der Waals surface area contributed by atoms with Gasteiger partial charge in [0, 0.05) is 18.3 Å². The van der Waals surface area contributed by atoms with E-state index in [0.717, 1.165) is 53.0 Å². The number of hydrogen-bond acceptors (Lipinski definition) is 11. The minimum absolute atomic E-state index is 0.0471. The Hall–Kier alpha value is -3.90. The summed E-state index contributed by atoms with van der Waals surface area (Å²) in [6.07, 6.45) is 3.90. The lowest BCUT2D eigenvalue weighted by Crippen LogP contribution is -2.57. The van der Waals surface area contributed by atoms with Crippen LogP contribution < -0.4 is 21.3 Å². The quantitative estimate of drug-likeness (QED) is 0.0757. The summed E-state index contributed by atoms with van der Waals surface area (Å²) < 4.78 is 12.7. The second kappa shape index (κ2) is 25.1. The highest BCUT2D eigenvalue weighted by Crippen LogP contribution is 2.48. The van der Waals surface area contributed by atoms with E-state index in [1.165, 1.54) is 0 Å². The normalized spacial score (nSPS) is 25.2. The number of nitrogens with one attached hydrogen (secondary N) is 4. The number of nitrogens with zero attached hydrogens (tertiary/aromatic N) is 2. The minimum atomic E-state index is -0.656. The molecule has 10 atom stereocenters. The topological polar surface area (TPSA) is 141 Å². The molecule has 72 heavy (non-hydrogen) atoms. The highest BCUT2D eigenvalue weighted by molar-refractivity contribution is 8.00. The largest absolute Gasteiger partial charge is 0.376 e. The SMILES string of the molecule is CC[C@@H](C)C(=S)N[C@H]1CCS[C@H]2CC(C)(C)[C@@H](C(=O)N[C@H](COCc3ccc(COC[C@@H](CC(=O)[C@H]4N5C(=O)[C@@H](NC(=S)[C@H](C)NC)CCS[C@H]5CC4(C)C)c4ccccc4)cc3)c3ccccc3)N2C1=O. The second-order valence-electron chi connectivity index (χ2n) is 21.4. The van der Waals surface area contributed by atoms with Gasteiger partial charge in [-0.2, -0.15) is 0 Å². The molecule has 4 aliphatic rings. The first-order valence-electron chi connectivity index (χ1n) is 25.7. The number of benzene rings is 3. The Balaban J connectivity index is 0.960. The number of likely N-dealkylation sites (N-methyl/N-ethyl adjacent to an activating group) is 1. The van der Waals surface area contributed by atoms with Crippen LogP contribution in [0.5, 0.6) is 0 Å². The van der Waals surface area contributed by atoms with Crippen molar-refractivity contribution in [2.24, 2.45) is 16.7 Å². The number of ether oxygens (including phenoxy) is 2. The summed E-state index contributed by atoms with van der Waals surface area (Å²) in [5.41, 5.74) is 3.05. The molecule has 3 amide bonds. The maximum absolute atomic E-state index is 14.6. The lowest BCUT2D eigenvalue weighted by Gasteiger charge is -2.35. The summed E-state index contributed by atoms with van der Waals surface area (Å²) in [4.78, 5) is 62.7. The maximum Gasteiger partial charge on any atom is 0.246 e. The number of ketones is 1. The Morgan fingerprint density at radius 2 is 1.19 bits per heavy atom. The van der Waals surface area contributed by atoms with Crippen molar-refractivity contribution in [3.63, 3.8) is 0 Å². The number of carbonyl (C=O) groups excluding carboxylic acids is 4. The van der Waals surface area contributed by atoms with Crippen LogP contribution >= 0.6 is 48.0 Å². The first kappa shape index (κ1) is 55.8. The molecular formula is C56H76N6O6S4. The summed E-state index contributed by atoms with van der Waals surface area (Å²) in [6.45, 7) is 15.8. The average molecular weight is 1060 g/mol. The number of thioether (sulfide) groups is 2. The Morgan fingerprint density at radius 3 is 1.72 bits per heavy atom. The van der Waals surface area contributed by atoms with Crippen molar-refractivity contribution < 1.29 is 28.7 Å². The molecule has 16 heteroatoms. The Kier molecular flexibility index (Phi) is 19.5. The molecule has 4 heterocycles. The van der Waals surface area contributed by atoms with Crippen LogP contribution in [0.4, 0.5) is 0 Å². The van der Waals surface area contributed by atoms with Gasteiger partial charge in [0.2, 0.25) is 17.7 Å². The molecule has 4 fully saturated rings. The fourth-order valence-corrected chi connectivity index (χ4v) is 14.3. The van der Waals surface area contributed by atoms with Crippen LogP contribution in [0.3, 0.4) is 0 Å². The molecule has 7 rings (SSSR count). The number of carbonyl (C=O) groups is 4. The van der Waals surface area contributed by atoms with Gasteiger partial charge in [0.1, 0.15) is 18.1 Å². The van der Waals surface area contributed by atoms with Crippen LogP contribution in [0, 0.1) is 16.7 Å². The van der Waals surface area contributed by atoms with Crippen molar-refractivity contribution in [2.75, 3.05) is 31.8 Å². The van der Waals surface area contributed by atoms with Crippen LogP contribution in [-0.2, 0) is 41.9 Å². The molecule has 0 aromatic heterocycles. The Bertz CT molecular complexity index is 2190. The summed E-state index contributed by atoms with van der Waals surface area (Å²) in [6, 6.07) is 25.3. The number of Topliss-reactive ketones (excluding diaryl/α,β-unsaturated/α-hetero) is 1. The van der Waals surface area contributed by atoms with Crippen LogP contribution in [0.2, 0.25) is 0 Å². The molecule has 4 N–H and O–H groups in total. The molecule has 4 saturated heterocycles. The van der Waals surface area contributed by atoms with Gasteiger partial charge in [-0.3, -0.25) is 19.2 Å². The van der Waals surface area contributed by atoms with E-state index in [1.54, 1.807) is 23.5 Å². The summed E-state index contributed by atoms with van der Waals surface area (Å²) >= 11 is 14.8. The van der Waals surface area contributed by atoms with E-state index in [4.69, 9.17) is 33.9 Å². The fourth-order valence-electron chi connectivity index (χ4n) is 10.6. The summed E-state index contributed by atoms with van der Waals surface area (Å²) in [5.74, 6) is 1.31. The van der Waals surface area contributed by atoms with Gasteiger partial charge in [-0.05, 0) is 90.7 Å². The number of thiocarbonyl (C=S) groups is 2. The number of hydrogen-bond donors (Lipinski definition) is 4. The molecule has 12 nitrogen and oxygen atoms in total. The molecule has 0 bridgehead atoms. The monoisotopic (exact) mass is 1060 g/mol. The van der Waals surface area contributed by atoms with Gasteiger partial charge in [-0.25, -0.2) is 0 Å². The highest BCUT2D eigenvalue weighted by Gasteiger charge is 2.56. The second-order valence-corrected chi connectivity index (χ2v) is 24.9. The molecular weight excluding hydrogens is 981 g/mol. The summed E-state index contributed by atoms with van der Waals surface area (Å²) in [7, 11) is 1.84. The van der Waals surface area contributed by atoms with Crippen molar-refractivity contribution in [1.82, 2.24) is 31.1 Å². The third-order valence-electron chi connectivity index (χ3n) is 15.1. The van der Waals surface area contributed by atoms with Crippen LogP contribution in [-0.4, -0.2) is 116 Å². The molecule has 4 aliphatic heterocycles. The fraction of sp³-hybridized carbons (Fsp3) is 0.571. The number of amides is 3. The van der Waals surface area contributed by atoms with Gasteiger partial charge < -0.3 is 40.5 Å². The van der Waals surface area contributed by atoms with Gasteiger partial charge in [0.05, 0.1) is 65.3 Å². The lowest BCUT2D eigenvalue weighted by atomic mass is 9.79. The van der Waals surface area contributed by atoms with Gasteiger partial charge in [-0.1, -0.05) is 151 Å². The smallest absolute Gasteiger partial charge is 0.246 e. The van der Waals surface area contributed by atoms with E-state index >= 15 is 0 Å². The standard InChI is InChI=1S/C56H76N6O6S4/c1-9-35(2)51(69)59-42-24-26-72-47-30-56(6,7)49(62(47)54(42)66)50(64)58-44(40-18-14-11-15-19-40)34-68-32-38-22-20-37(21-23-38)31-67-33-41(39-16-12-10-13-17-39)28-45(63)48-55(4,5)29-46-61(48)53(65)43(25-27-71-46)60-52(70)36(3)57-8/h10-23,35-36,41-44,46-49,57H,9,24-34H2,1-8H3,(H,58,64)(H,59,69)(H,60,70)/t35-,36+,41-,42+,43+,44-,46+,47+,48-,49-/m1/s1. The number of rotatable bonds is 21. The van der Waals surface area contributed by atoms with E-state index in [9.17, 15) is 19.2 Å². The third kappa shape index (κ3) is 13.5. The van der Waals surface area contributed by atoms with Crippen molar-refractivity contribution in [2.45, 2.75) is 153 Å². The van der Waals surface area contributed by atoms with Gasteiger partial charge in [0.15, 0.2) is 5.78 Å². The number of fused-ring (bicyclic) bond motifs is 2. The zero-order chi connectivity index (χ0) is 51.7. The molecule has 0 aliphatic carbocycles. The van der Waals surface area contributed by atoms with Gasteiger partial charge in [0.25, 0.3) is 0 Å². The zero-order valence-corrected chi connectivity index (χ0v) is 46.6. The summed E-state index contributed by atoms with van der Waals surface area (Å²) in [5, 5.41) is 13.0. The van der Waals surface area contributed by atoms with E-state index in [1.807, 2.05) is 109 Å². The highest BCUT2D eigenvalue weighted by atomic mass is 32.2. The maximum atomic E-state index is 14.6. The van der Waals surface area contributed by atoms with Crippen LogP contribution in [0.15, 0.2) is 84.9 Å². The van der Waals surface area contributed by atoms with Gasteiger partial charge in [-0.15, -0.1) is 23.5 Å². The van der Waals surface area contributed by atoms with Crippen LogP contribution in [0.1, 0.15) is 121 Å². The molecule has 0 spiro atoms. The Labute approximate surface area is 447 Å². The van der Waals surface area contributed by atoms with Crippen LogP contribution in [0.25, 0.3) is 0 Å². The molecule has 0 unspecified atom stereocenters. The average Bonchev–Trinajstić information content (AvgIpc) is 3.69. The van der Waals surface area contributed by atoms with Gasteiger partial charge >= 0.3 is 0 Å². The van der Waals surface area contributed by atoms with E-state index < -0.39 is 41.0 Å². The predicted molar refractivity (Wildman–Crippen MR) is 299 cm³/mol. The van der Waals surface area contributed by atoms with E-state index in [-0.39, 0.29) is 65.2 Å². The van der Waals surface area contributed by atoms with Crippen molar-refractivity contribution in [1.29, 1.82) is 0 Å². The minimum Gasteiger partial charge on any atom is -0.376 e. The van der Waals surface area contributed by atoms with E-state index in [0.29, 0.717) is 42.6 Å². The molecule has 3 aromatic carbocycles. The van der Waals surface area contributed by atoms with Crippen molar-refractivity contribution in [3.8, 4) is 0 Å². The zero-order valence-electron chi connectivity index (χ0n) is 43.3. The lowest BCUT2D eigenvalue weighted by molar-refractivity contribution is -0.142. The first-order chi connectivity index (χ1) is 34.4. The molecule has 0 saturated carbocycles. The molecule has 390 valence electrons. The molecule has 3 aromatic rings. The van der Waals surface area contributed by atoms with E-state index in [2.05, 4.69) is 62.8 Å². The van der Waals surface area contributed by atoms with Crippen molar-refractivity contribution in [3.05, 3.63) is 107 Å². The Morgan fingerprint density at radius 1 is 0.708 bits per heavy atom. The predicted octanol–water partition coefficient (Wildman–Crippen LogP) is 8.73. The third-order valence-corrected chi connectivity index (χ3v) is 18.6. The first-order valence-corrected chi connectivity index (χ1v) is 28.7. The van der Waals surface area contributed by atoms with Crippen molar-refractivity contribution >= 4 is 81.4 Å². The molecule has 0 radical (unpaired) electrons.